The predicted octanol–water partition coefficient (Wildman–Crippen LogP) is 3.75. The van der Waals surface area contributed by atoms with Crippen molar-refractivity contribution in [3.8, 4) is 0 Å². The van der Waals surface area contributed by atoms with E-state index in [1.54, 1.807) is 0 Å². The van der Waals surface area contributed by atoms with Gasteiger partial charge in [0.25, 0.3) is 0 Å². The molecule has 4 nitrogen and oxygen atoms in total. The molecule has 2 N–H and O–H groups in total. The molecule has 0 aromatic carbocycles. The highest BCUT2D eigenvalue weighted by Crippen LogP contribution is 2.55. The zero-order chi connectivity index (χ0) is 17.4. The zero-order valence-corrected chi connectivity index (χ0v) is 16.1. The fourth-order valence-corrected chi connectivity index (χ4v) is 5.58. The van der Waals surface area contributed by atoms with Gasteiger partial charge in [0.05, 0.1) is 0 Å². The summed E-state index contributed by atoms with van der Waals surface area (Å²) >= 11 is 0. The standard InChI is InChI=1S/C21H34N4/c1-21(2)12-16-10-17(21)5-4-15(16)13-24-20-11-19(6-8-23-20)25-9-7-18(14-25)22-3/h6,8,11,15-18,22H,4-5,7,9-10,12-14H2,1-3H3,(H,23,24)/t15-,16-,17+,18-/m1/s1. The van der Waals surface area contributed by atoms with E-state index in [0.717, 1.165) is 43.2 Å². The van der Waals surface area contributed by atoms with Crippen LogP contribution in [0.5, 0.6) is 0 Å². The van der Waals surface area contributed by atoms with Crippen molar-refractivity contribution in [1.29, 1.82) is 0 Å². The molecule has 4 atom stereocenters. The minimum atomic E-state index is 0.567. The van der Waals surface area contributed by atoms with Gasteiger partial charge >= 0.3 is 0 Å². The molecule has 25 heavy (non-hydrogen) atoms. The van der Waals surface area contributed by atoms with Gasteiger partial charge in [0.15, 0.2) is 0 Å². The monoisotopic (exact) mass is 342 g/mol. The summed E-state index contributed by atoms with van der Waals surface area (Å²) in [6.07, 6.45) is 8.86. The summed E-state index contributed by atoms with van der Waals surface area (Å²) in [6, 6.07) is 5.00. The molecule has 3 fully saturated rings. The van der Waals surface area contributed by atoms with Crippen LogP contribution in [0, 0.1) is 23.2 Å². The largest absolute Gasteiger partial charge is 0.370 e. The SMILES string of the molecule is CN[C@@H]1CCN(c2ccnc(NC[C@H]3CC[C@H]4C[C@@H]3CC4(C)C)c2)C1. The first kappa shape index (κ1) is 17.1. The Hall–Kier alpha value is -1.29. The Balaban J connectivity index is 1.35. The average molecular weight is 343 g/mol. The molecular formula is C21H34N4. The van der Waals surface area contributed by atoms with Crippen LogP contribution in [0.3, 0.4) is 0 Å². The molecule has 138 valence electrons. The molecule has 0 unspecified atom stereocenters. The highest BCUT2D eigenvalue weighted by atomic mass is 15.2. The minimum Gasteiger partial charge on any atom is -0.370 e. The van der Waals surface area contributed by atoms with Crippen molar-refractivity contribution in [1.82, 2.24) is 10.3 Å². The second kappa shape index (κ2) is 6.79. The van der Waals surface area contributed by atoms with E-state index in [1.165, 1.54) is 37.8 Å². The van der Waals surface area contributed by atoms with Gasteiger partial charge in [-0.3, -0.25) is 0 Å². The summed E-state index contributed by atoms with van der Waals surface area (Å²) in [5.41, 5.74) is 1.87. The molecule has 1 aliphatic heterocycles. The quantitative estimate of drug-likeness (QED) is 0.855. The second-order valence-electron chi connectivity index (χ2n) is 9.22. The van der Waals surface area contributed by atoms with Crippen molar-refractivity contribution in [3.63, 3.8) is 0 Å². The van der Waals surface area contributed by atoms with E-state index in [4.69, 9.17) is 0 Å². The fourth-order valence-electron chi connectivity index (χ4n) is 5.58. The lowest BCUT2D eigenvalue weighted by Gasteiger charge is -2.30. The number of nitrogens with zero attached hydrogens (tertiary/aromatic N) is 2. The summed E-state index contributed by atoms with van der Waals surface area (Å²) in [5.74, 6) is 3.75. The molecule has 1 aromatic heterocycles. The van der Waals surface area contributed by atoms with Crippen molar-refractivity contribution in [2.75, 3.05) is 36.9 Å². The Morgan fingerprint density at radius 3 is 2.96 bits per heavy atom. The summed E-state index contributed by atoms with van der Waals surface area (Å²) in [7, 11) is 2.06. The van der Waals surface area contributed by atoms with E-state index < -0.39 is 0 Å². The van der Waals surface area contributed by atoms with Gasteiger partial charge in [-0.25, -0.2) is 4.98 Å². The Morgan fingerprint density at radius 1 is 1.28 bits per heavy atom. The van der Waals surface area contributed by atoms with Crippen LogP contribution >= 0.6 is 0 Å². The van der Waals surface area contributed by atoms with Gasteiger partial charge in [0.1, 0.15) is 5.82 Å². The Labute approximate surface area is 152 Å². The van der Waals surface area contributed by atoms with E-state index in [0.29, 0.717) is 11.5 Å². The summed E-state index contributed by atoms with van der Waals surface area (Å²) in [6.45, 7) is 8.28. The van der Waals surface area contributed by atoms with Gasteiger partial charge in [-0.1, -0.05) is 13.8 Å². The summed E-state index contributed by atoms with van der Waals surface area (Å²) in [4.78, 5) is 7.04. The molecule has 2 heterocycles. The van der Waals surface area contributed by atoms with Crippen molar-refractivity contribution < 1.29 is 0 Å². The molecule has 2 bridgehead atoms. The lowest BCUT2D eigenvalue weighted by Crippen LogP contribution is -2.29. The zero-order valence-electron chi connectivity index (χ0n) is 16.1. The third kappa shape index (κ3) is 3.51. The van der Waals surface area contributed by atoms with Crippen LogP contribution in [0.25, 0.3) is 0 Å². The molecule has 0 spiro atoms. The molecule has 0 amide bonds. The first-order chi connectivity index (χ1) is 12.0. The molecule has 3 aliphatic rings. The van der Waals surface area contributed by atoms with E-state index in [9.17, 15) is 0 Å². The molecule has 1 aromatic rings. The first-order valence-electron chi connectivity index (χ1n) is 10.2. The third-order valence-corrected chi connectivity index (χ3v) is 7.28. The number of nitrogens with one attached hydrogen (secondary N) is 2. The average Bonchev–Trinajstić information content (AvgIpc) is 3.18. The smallest absolute Gasteiger partial charge is 0.127 e. The van der Waals surface area contributed by atoms with Crippen molar-refractivity contribution in [3.05, 3.63) is 18.3 Å². The van der Waals surface area contributed by atoms with E-state index >= 15 is 0 Å². The number of aromatic nitrogens is 1. The topological polar surface area (TPSA) is 40.2 Å². The van der Waals surface area contributed by atoms with Crippen molar-refractivity contribution in [2.24, 2.45) is 23.2 Å². The van der Waals surface area contributed by atoms with Gasteiger partial charge < -0.3 is 15.5 Å². The van der Waals surface area contributed by atoms with E-state index in [2.05, 4.69) is 53.5 Å². The number of anilines is 2. The van der Waals surface area contributed by atoms with Crippen molar-refractivity contribution in [2.45, 2.75) is 52.0 Å². The van der Waals surface area contributed by atoms with Crippen LogP contribution in [0.1, 0.15) is 46.0 Å². The minimum absolute atomic E-state index is 0.567. The maximum atomic E-state index is 4.57. The first-order valence-corrected chi connectivity index (χ1v) is 10.2. The summed E-state index contributed by atoms with van der Waals surface area (Å²) < 4.78 is 0. The Morgan fingerprint density at radius 2 is 2.16 bits per heavy atom. The van der Waals surface area contributed by atoms with Crippen LogP contribution < -0.4 is 15.5 Å². The predicted molar refractivity (Wildman–Crippen MR) is 105 cm³/mol. The molecule has 4 rings (SSSR count). The van der Waals surface area contributed by atoms with Gasteiger partial charge in [-0.2, -0.15) is 0 Å². The van der Waals surface area contributed by atoms with Crippen LogP contribution in [-0.2, 0) is 0 Å². The number of fused-ring (bicyclic) bond motifs is 2. The Bertz CT molecular complexity index is 599. The second-order valence-corrected chi connectivity index (χ2v) is 9.22. The highest BCUT2D eigenvalue weighted by Gasteiger charge is 2.46. The number of likely N-dealkylation sites (N-methyl/N-ethyl adjacent to an activating group) is 1. The Kier molecular flexibility index (Phi) is 4.65. The normalized spacial score (nSPS) is 33.6. The number of hydrogen-bond donors (Lipinski definition) is 2. The highest BCUT2D eigenvalue weighted by molar-refractivity contribution is 5.54. The lowest BCUT2D eigenvalue weighted by atomic mass is 9.77. The van der Waals surface area contributed by atoms with Crippen LogP contribution in [-0.4, -0.2) is 37.7 Å². The number of hydrogen-bond acceptors (Lipinski definition) is 4. The molecule has 2 saturated carbocycles. The fraction of sp³-hybridized carbons (Fsp3) is 0.762. The molecule has 2 aliphatic carbocycles. The van der Waals surface area contributed by atoms with E-state index in [-0.39, 0.29) is 0 Å². The molecule has 0 radical (unpaired) electrons. The lowest BCUT2D eigenvalue weighted by molar-refractivity contribution is 0.221. The third-order valence-electron chi connectivity index (χ3n) is 7.28. The molecule has 4 heteroatoms. The van der Waals surface area contributed by atoms with Crippen LogP contribution in [0.2, 0.25) is 0 Å². The molecule has 1 saturated heterocycles. The van der Waals surface area contributed by atoms with Gasteiger partial charge in [0, 0.05) is 43.6 Å². The van der Waals surface area contributed by atoms with E-state index in [1.807, 2.05) is 6.20 Å². The maximum absolute atomic E-state index is 4.57. The van der Waals surface area contributed by atoms with Crippen LogP contribution in [0.15, 0.2) is 18.3 Å². The molecular weight excluding hydrogens is 308 g/mol. The van der Waals surface area contributed by atoms with Gasteiger partial charge in [-0.15, -0.1) is 0 Å². The summed E-state index contributed by atoms with van der Waals surface area (Å²) in [5, 5.41) is 7.06. The number of pyridine rings is 1. The van der Waals surface area contributed by atoms with Gasteiger partial charge in [-0.05, 0) is 68.4 Å². The van der Waals surface area contributed by atoms with Crippen LogP contribution in [0.4, 0.5) is 11.5 Å². The number of rotatable bonds is 5. The maximum Gasteiger partial charge on any atom is 0.127 e. The van der Waals surface area contributed by atoms with Crippen molar-refractivity contribution >= 4 is 11.5 Å². The van der Waals surface area contributed by atoms with Gasteiger partial charge in [0.2, 0.25) is 0 Å².